The number of ether oxygens (including phenoxy) is 1. The molecule has 1 aromatic carbocycles. The largest absolute Gasteiger partial charge is 0.479 e. The summed E-state index contributed by atoms with van der Waals surface area (Å²) < 4.78 is 5.07. The van der Waals surface area contributed by atoms with Crippen LogP contribution in [0.1, 0.15) is 15.9 Å². The van der Waals surface area contributed by atoms with E-state index in [1.165, 1.54) is 11.0 Å². The number of nitrogens with zero attached hydrogens (tertiary/aromatic N) is 1. The van der Waals surface area contributed by atoms with Gasteiger partial charge in [-0.05, 0) is 23.8 Å². The van der Waals surface area contributed by atoms with Crippen molar-refractivity contribution in [2.45, 2.75) is 6.10 Å². The lowest BCUT2D eigenvalue weighted by Gasteiger charge is -2.30. The van der Waals surface area contributed by atoms with E-state index in [-0.39, 0.29) is 25.0 Å². The zero-order valence-electron chi connectivity index (χ0n) is 12.7. The van der Waals surface area contributed by atoms with Crippen molar-refractivity contribution in [2.75, 3.05) is 26.7 Å². The van der Waals surface area contributed by atoms with Crippen LogP contribution in [0.25, 0.3) is 6.08 Å². The SMILES string of the molecule is CNC(=O)c1ccc(C=CC(=O)N2CCOC(C(=O)O)C2)cc1. The van der Waals surface area contributed by atoms with E-state index < -0.39 is 12.1 Å². The van der Waals surface area contributed by atoms with Crippen LogP contribution in [-0.2, 0) is 14.3 Å². The second kappa shape index (κ2) is 7.55. The Labute approximate surface area is 133 Å². The van der Waals surface area contributed by atoms with Crippen LogP contribution in [0.3, 0.4) is 0 Å². The predicted molar refractivity (Wildman–Crippen MR) is 82.8 cm³/mol. The summed E-state index contributed by atoms with van der Waals surface area (Å²) in [6.45, 7) is 0.605. The number of amides is 2. The van der Waals surface area contributed by atoms with Crippen LogP contribution in [0.15, 0.2) is 30.3 Å². The van der Waals surface area contributed by atoms with Gasteiger partial charge in [-0.1, -0.05) is 12.1 Å². The third-order valence-electron chi connectivity index (χ3n) is 3.47. The first-order valence-electron chi connectivity index (χ1n) is 7.15. The quantitative estimate of drug-likeness (QED) is 0.782. The van der Waals surface area contributed by atoms with Crippen LogP contribution in [-0.4, -0.2) is 60.6 Å². The molecule has 1 aliphatic rings. The van der Waals surface area contributed by atoms with Gasteiger partial charge in [0, 0.05) is 25.2 Å². The number of carbonyl (C=O) groups is 3. The summed E-state index contributed by atoms with van der Waals surface area (Å²) in [4.78, 5) is 35.9. The molecule has 1 saturated heterocycles. The zero-order chi connectivity index (χ0) is 16.8. The molecule has 0 saturated carbocycles. The fourth-order valence-electron chi connectivity index (χ4n) is 2.16. The van der Waals surface area contributed by atoms with E-state index in [1.807, 2.05) is 0 Å². The molecule has 0 radical (unpaired) electrons. The van der Waals surface area contributed by atoms with Gasteiger partial charge in [-0.3, -0.25) is 9.59 Å². The molecule has 122 valence electrons. The third kappa shape index (κ3) is 4.40. The standard InChI is InChI=1S/C16H18N2O5/c1-17-15(20)12-5-2-11(3-6-12)4-7-14(19)18-8-9-23-13(10-18)16(21)22/h2-7,13H,8-10H2,1H3,(H,17,20)(H,21,22). The number of hydrogen-bond donors (Lipinski definition) is 2. The molecule has 0 bridgehead atoms. The number of benzene rings is 1. The summed E-state index contributed by atoms with van der Waals surface area (Å²) in [7, 11) is 1.56. The molecule has 0 aliphatic carbocycles. The van der Waals surface area contributed by atoms with Gasteiger partial charge >= 0.3 is 5.97 Å². The van der Waals surface area contributed by atoms with Crippen LogP contribution in [0.2, 0.25) is 0 Å². The Hall–Kier alpha value is -2.67. The zero-order valence-corrected chi connectivity index (χ0v) is 12.7. The predicted octanol–water partition coefficient (Wildman–Crippen LogP) is 0.371. The van der Waals surface area contributed by atoms with Gasteiger partial charge in [0.05, 0.1) is 13.2 Å². The summed E-state index contributed by atoms with van der Waals surface area (Å²) in [5.41, 5.74) is 1.31. The first kappa shape index (κ1) is 16.7. The number of carboxylic acids is 1. The van der Waals surface area contributed by atoms with Gasteiger partial charge in [0.15, 0.2) is 6.10 Å². The molecule has 1 heterocycles. The second-order valence-corrected chi connectivity index (χ2v) is 5.02. The summed E-state index contributed by atoms with van der Waals surface area (Å²) in [6, 6.07) is 6.79. The maximum atomic E-state index is 12.1. The van der Waals surface area contributed by atoms with Gasteiger partial charge in [-0.15, -0.1) is 0 Å². The topological polar surface area (TPSA) is 95.9 Å². The maximum Gasteiger partial charge on any atom is 0.334 e. The van der Waals surface area contributed by atoms with Crippen molar-refractivity contribution in [3.05, 3.63) is 41.5 Å². The lowest BCUT2D eigenvalue weighted by atomic mass is 10.1. The summed E-state index contributed by atoms with van der Waals surface area (Å²) in [6.07, 6.45) is 2.04. The summed E-state index contributed by atoms with van der Waals surface area (Å²) >= 11 is 0. The highest BCUT2D eigenvalue weighted by molar-refractivity contribution is 5.95. The molecule has 2 rings (SSSR count). The number of aliphatic carboxylic acids is 1. The lowest BCUT2D eigenvalue weighted by molar-refractivity contribution is -0.158. The first-order chi connectivity index (χ1) is 11.0. The number of nitrogens with one attached hydrogen (secondary N) is 1. The van der Waals surface area contributed by atoms with Gasteiger partial charge in [0.25, 0.3) is 5.91 Å². The molecular formula is C16H18N2O5. The van der Waals surface area contributed by atoms with Crippen LogP contribution < -0.4 is 5.32 Å². The summed E-state index contributed by atoms with van der Waals surface area (Å²) in [5, 5.41) is 11.5. The molecule has 1 unspecified atom stereocenters. The van der Waals surface area contributed by atoms with E-state index in [2.05, 4.69) is 5.32 Å². The molecular weight excluding hydrogens is 300 g/mol. The van der Waals surface area contributed by atoms with Crippen LogP contribution in [0.4, 0.5) is 0 Å². The smallest absolute Gasteiger partial charge is 0.334 e. The van der Waals surface area contributed by atoms with Crippen molar-refractivity contribution in [1.29, 1.82) is 0 Å². The van der Waals surface area contributed by atoms with Crippen LogP contribution in [0, 0.1) is 0 Å². The normalized spacial score (nSPS) is 18.0. The maximum absolute atomic E-state index is 12.1. The Morgan fingerprint density at radius 3 is 2.61 bits per heavy atom. The van der Waals surface area contributed by atoms with E-state index in [0.717, 1.165) is 5.56 Å². The van der Waals surface area contributed by atoms with Crippen LogP contribution >= 0.6 is 0 Å². The number of hydrogen-bond acceptors (Lipinski definition) is 4. The Kier molecular flexibility index (Phi) is 5.48. The van der Waals surface area contributed by atoms with Gasteiger partial charge in [-0.2, -0.15) is 0 Å². The minimum atomic E-state index is -1.07. The molecule has 1 aliphatic heterocycles. The lowest BCUT2D eigenvalue weighted by Crippen LogP contribution is -2.48. The highest BCUT2D eigenvalue weighted by Gasteiger charge is 2.27. The minimum Gasteiger partial charge on any atom is -0.479 e. The molecule has 1 fully saturated rings. The monoisotopic (exact) mass is 318 g/mol. The van der Waals surface area contributed by atoms with Crippen molar-refractivity contribution in [2.24, 2.45) is 0 Å². The van der Waals surface area contributed by atoms with Crippen molar-refractivity contribution < 1.29 is 24.2 Å². The molecule has 0 spiro atoms. The van der Waals surface area contributed by atoms with Crippen molar-refractivity contribution in [1.82, 2.24) is 10.2 Å². The molecule has 7 heteroatoms. The molecule has 0 aromatic heterocycles. The minimum absolute atomic E-state index is 0.0358. The first-order valence-corrected chi connectivity index (χ1v) is 7.15. The van der Waals surface area contributed by atoms with E-state index in [4.69, 9.17) is 9.84 Å². The average molecular weight is 318 g/mol. The Morgan fingerprint density at radius 2 is 2.00 bits per heavy atom. The third-order valence-corrected chi connectivity index (χ3v) is 3.47. The van der Waals surface area contributed by atoms with Gasteiger partial charge in [0.2, 0.25) is 5.91 Å². The highest BCUT2D eigenvalue weighted by atomic mass is 16.5. The molecule has 7 nitrogen and oxygen atoms in total. The van der Waals surface area contributed by atoms with E-state index >= 15 is 0 Å². The summed E-state index contributed by atoms with van der Waals surface area (Å²) in [5.74, 6) is -1.52. The van der Waals surface area contributed by atoms with E-state index in [9.17, 15) is 14.4 Å². The van der Waals surface area contributed by atoms with Gasteiger partial charge < -0.3 is 20.1 Å². The second-order valence-electron chi connectivity index (χ2n) is 5.02. The number of morpholine rings is 1. The van der Waals surface area contributed by atoms with E-state index in [0.29, 0.717) is 12.1 Å². The number of carbonyl (C=O) groups excluding carboxylic acids is 2. The fourth-order valence-corrected chi connectivity index (χ4v) is 2.16. The van der Waals surface area contributed by atoms with Gasteiger partial charge in [0.1, 0.15) is 0 Å². The van der Waals surface area contributed by atoms with Crippen molar-refractivity contribution in [3.63, 3.8) is 0 Å². The van der Waals surface area contributed by atoms with Crippen LogP contribution in [0.5, 0.6) is 0 Å². The van der Waals surface area contributed by atoms with Crippen molar-refractivity contribution >= 4 is 23.9 Å². The Balaban J connectivity index is 1.97. The number of carboxylic acid groups (broad SMARTS) is 1. The van der Waals surface area contributed by atoms with Gasteiger partial charge in [-0.25, -0.2) is 4.79 Å². The average Bonchev–Trinajstić information content (AvgIpc) is 2.59. The molecule has 1 aromatic rings. The molecule has 2 N–H and O–H groups in total. The molecule has 23 heavy (non-hydrogen) atoms. The fraction of sp³-hybridized carbons (Fsp3) is 0.312. The molecule has 2 amide bonds. The van der Waals surface area contributed by atoms with Crippen molar-refractivity contribution in [3.8, 4) is 0 Å². The Bertz CT molecular complexity index is 624. The highest BCUT2D eigenvalue weighted by Crippen LogP contribution is 2.09. The van der Waals surface area contributed by atoms with E-state index in [1.54, 1.807) is 37.4 Å². The Morgan fingerprint density at radius 1 is 1.30 bits per heavy atom. The molecule has 1 atom stereocenters. The number of rotatable bonds is 4.